The summed E-state index contributed by atoms with van der Waals surface area (Å²) in [6, 6.07) is 17.7. The van der Waals surface area contributed by atoms with Gasteiger partial charge < -0.3 is 24.3 Å². The number of nitrogens with one attached hydrogen (secondary N) is 1. The standard InChI is InChI=1S/C28H29N5O2S/c1-17-11-13-30-25(14-17)32-18(2)15-21(19(32)3)27-26(22-8-6-7-12-29-22)31-28(36)33(27)23-16-20(34-4)9-10-24(23)35-5/h6-16,26-27H,1-5H3,(H,31,36)/t26-,27+/m1/s1. The Labute approximate surface area is 216 Å². The Balaban J connectivity index is 1.72. The number of ether oxygens (including phenoxy) is 2. The van der Waals surface area contributed by atoms with E-state index >= 15 is 0 Å². The van der Waals surface area contributed by atoms with Crippen LogP contribution in [0.5, 0.6) is 11.5 Å². The fourth-order valence-electron chi connectivity index (χ4n) is 5.00. The van der Waals surface area contributed by atoms with Gasteiger partial charge in [-0.05, 0) is 86.6 Å². The second-order valence-corrected chi connectivity index (χ2v) is 9.27. The lowest BCUT2D eigenvalue weighted by Gasteiger charge is -2.29. The SMILES string of the molecule is COc1ccc(OC)c(N2C(=S)N[C@H](c3ccccn3)[C@@H]2c2cc(C)n(-c3cc(C)ccn3)c2C)c1. The van der Waals surface area contributed by atoms with Crippen LogP contribution in [0.1, 0.15) is 40.3 Å². The van der Waals surface area contributed by atoms with E-state index in [1.807, 2.05) is 54.9 Å². The van der Waals surface area contributed by atoms with Gasteiger partial charge in [0, 0.05) is 29.8 Å². The van der Waals surface area contributed by atoms with Gasteiger partial charge in [0.15, 0.2) is 5.11 Å². The minimum Gasteiger partial charge on any atom is -0.497 e. The summed E-state index contributed by atoms with van der Waals surface area (Å²) in [5.41, 5.74) is 6.21. The number of nitrogens with zero attached hydrogens (tertiary/aromatic N) is 4. The molecule has 36 heavy (non-hydrogen) atoms. The van der Waals surface area contributed by atoms with Crippen LogP contribution < -0.4 is 19.7 Å². The first kappa shape index (κ1) is 23.8. The highest BCUT2D eigenvalue weighted by Crippen LogP contribution is 2.47. The third-order valence-corrected chi connectivity index (χ3v) is 6.98. The van der Waals surface area contributed by atoms with Crippen LogP contribution >= 0.6 is 12.2 Å². The molecule has 1 N–H and O–H groups in total. The zero-order chi connectivity index (χ0) is 25.4. The third kappa shape index (κ3) is 4.07. The van der Waals surface area contributed by atoms with Gasteiger partial charge in [-0.1, -0.05) is 6.07 Å². The summed E-state index contributed by atoms with van der Waals surface area (Å²) in [7, 11) is 3.32. The zero-order valence-corrected chi connectivity index (χ0v) is 21.8. The van der Waals surface area contributed by atoms with Crippen LogP contribution in [0, 0.1) is 20.8 Å². The van der Waals surface area contributed by atoms with Gasteiger partial charge in [0.2, 0.25) is 0 Å². The summed E-state index contributed by atoms with van der Waals surface area (Å²) < 4.78 is 13.5. The lowest BCUT2D eigenvalue weighted by Crippen LogP contribution is -2.30. The fourth-order valence-corrected chi connectivity index (χ4v) is 5.34. The van der Waals surface area contributed by atoms with Crippen molar-refractivity contribution in [1.29, 1.82) is 0 Å². The Kier molecular flexibility index (Phi) is 6.36. The number of rotatable bonds is 6. The number of anilines is 1. The van der Waals surface area contributed by atoms with E-state index in [-0.39, 0.29) is 12.1 Å². The van der Waals surface area contributed by atoms with Gasteiger partial charge in [-0.2, -0.15) is 0 Å². The van der Waals surface area contributed by atoms with Crippen molar-refractivity contribution < 1.29 is 9.47 Å². The molecule has 0 aliphatic carbocycles. The van der Waals surface area contributed by atoms with Gasteiger partial charge in [-0.25, -0.2) is 4.98 Å². The van der Waals surface area contributed by atoms with Crippen LogP contribution in [-0.2, 0) is 0 Å². The number of aryl methyl sites for hydroxylation is 2. The van der Waals surface area contributed by atoms with Gasteiger partial charge in [-0.15, -0.1) is 0 Å². The first-order valence-corrected chi connectivity index (χ1v) is 12.2. The number of pyridine rings is 2. The molecule has 1 aliphatic rings. The Hall–Kier alpha value is -3.91. The Morgan fingerprint density at radius 2 is 1.75 bits per heavy atom. The highest BCUT2D eigenvalue weighted by molar-refractivity contribution is 7.80. The molecule has 1 fully saturated rings. The molecule has 184 valence electrons. The van der Waals surface area contributed by atoms with Crippen molar-refractivity contribution in [3.63, 3.8) is 0 Å². The Morgan fingerprint density at radius 3 is 2.44 bits per heavy atom. The topological polar surface area (TPSA) is 64.4 Å². The van der Waals surface area contributed by atoms with Gasteiger partial charge in [-0.3, -0.25) is 4.98 Å². The second kappa shape index (κ2) is 9.62. The van der Waals surface area contributed by atoms with E-state index in [9.17, 15) is 0 Å². The van der Waals surface area contributed by atoms with Crippen LogP contribution in [-0.4, -0.2) is 33.9 Å². The molecule has 0 bridgehead atoms. The molecule has 4 heterocycles. The molecule has 1 saturated heterocycles. The molecule has 2 atom stereocenters. The highest BCUT2D eigenvalue weighted by atomic mass is 32.1. The molecule has 0 radical (unpaired) electrons. The third-order valence-electron chi connectivity index (χ3n) is 6.66. The van der Waals surface area contributed by atoms with Crippen LogP contribution in [0.3, 0.4) is 0 Å². The molecule has 5 rings (SSSR count). The van der Waals surface area contributed by atoms with E-state index in [2.05, 4.69) is 57.7 Å². The fraction of sp³-hybridized carbons (Fsp3) is 0.250. The Bertz CT molecular complexity index is 1420. The molecule has 8 heteroatoms. The lowest BCUT2D eigenvalue weighted by atomic mass is 9.96. The van der Waals surface area contributed by atoms with Gasteiger partial charge >= 0.3 is 0 Å². The predicted octanol–water partition coefficient (Wildman–Crippen LogP) is 5.39. The molecule has 0 unspecified atom stereocenters. The van der Waals surface area contributed by atoms with Crippen molar-refractivity contribution in [1.82, 2.24) is 19.9 Å². The number of methoxy groups -OCH3 is 2. The van der Waals surface area contributed by atoms with Crippen molar-refractivity contribution in [2.24, 2.45) is 0 Å². The van der Waals surface area contributed by atoms with E-state index < -0.39 is 0 Å². The molecule has 0 amide bonds. The van der Waals surface area contributed by atoms with Crippen molar-refractivity contribution in [2.45, 2.75) is 32.9 Å². The quantitative estimate of drug-likeness (QED) is 0.357. The summed E-state index contributed by atoms with van der Waals surface area (Å²) in [6.07, 6.45) is 3.66. The minimum absolute atomic E-state index is 0.172. The highest BCUT2D eigenvalue weighted by Gasteiger charge is 2.43. The van der Waals surface area contributed by atoms with Gasteiger partial charge in [0.1, 0.15) is 17.3 Å². The summed E-state index contributed by atoms with van der Waals surface area (Å²) in [6.45, 7) is 6.31. The zero-order valence-electron chi connectivity index (χ0n) is 21.0. The lowest BCUT2D eigenvalue weighted by molar-refractivity contribution is 0.403. The number of benzene rings is 1. The van der Waals surface area contributed by atoms with Gasteiger partial charge in [0.05, 0.1) is 37.7 Å². The van der Waals surface area contributed by atoms with E-state index in [1.54, 1.807) is 14.2 Å². The predicted molar refractivity (Wildman–Crippen MR) is 145 cm³/mol. The average molecular weight is 500 g/mol. The van der Waals surface area contributed by atoms with E-state index in [4.69, 9.17) is 21.7 Å². The minimum atomic E-state index is -0.182. The van der Waals surface area contributed by atoms with E-state index in [1.165, 1.54) is 0 Å². The molecule has 7 nitrogen and oxygen atoms in total. The number of aromatic nitrogens is 3. The van der Waals surface area contributed by atoms with Crippen LogP contribution in [0.2, 0.25) is 0 Å². The van der Waals surface area contributed by atoms with Crippen molar-refractivity contribution in [3.05, 3.63) is 95.2 Å². The normalized spacial score (nSPS) is 17.2. The number of thiocarbonyl (C=S) groups is 1. The summed E-state index contributed by atoms with van der Waals surface area (Å²) in [5.74, 6) is 2.33. The molecular formula is C28H29N5O2S. The van der Waals surface area contributed by atoms with Crippen molar-refractivity contribution in [2.75, 3.05) is 19.1 Å². The van der Waals surface area contributed by atoms with E-state index in [0.717, 1.165) is 45.5 Å². The first-order chi connectivity index (χ1) is 17.4. The maximum absolute atomic E-state index is 5.93. The van der Waals surface area contributed by atoms with Crippen LogP contribution in [0.15, 0.2) is 67.0 Å². The second-order valence-electron chi connectivity index (χ2n) is 8.89. The average Bonchev–Trinajstić information content (AvgIpc) is 3.38. The maximum atomic E-state index is 5.93. The molecular weight excluding hydrogens is 470 g/mol. The maximum Gasteiger partial charge on any atom is 0.174 e. The number of hydrogen-bond acceptors (Lipinski definition) is 5. The first-order valence-electron chi connectivity index (χ1n) is 11.8. The van der Waals surface area contributed by atoms with E-state index in [0.29, 0.717) is 10.9 Å². The van der Waals surface area contributed by atoms with Crippen LogP contribution in [0.25, 0.3) is 5.82 Å². The van der Waals surface area contributed by atoms with Crippen LogP contribution in [0.4, 0.5) is 5.69 Å². The number of hydrogen-bond donors (Lipinski definition) is 1. The van der Waals surface area contributed by atoms with Crippen molar-refractivity contribution in [3.8, 4) is 17.3 Å². The molecule has 0 saturated carbocycles. The monoisotopic (exact) mass is 499 g/mol. The molecule has 3 aromatic heterocycles. The summed E-state index contributed by atoms with van der Waals surface area (Å²) in [5, 5.41) is 4.13. The smallest absolute Gasteiger partial charge is 0.174 e. The summed E-state index contributed by atoms with van der Waals surface area (Å²) >= 11 is 5.93. The van der Waals surface area contributed by atoms with Crippen molar-refractivity contribution >= 4 is 23.0 Å². The molecule has 4 aromatic rings. The molecule has 0 spiro atoms. The Morgan fingerprint density at radius 1 is 0.917 bits per heavy atom. The summed E-state index contributed by atoms with van der Waals surface area (Å²) in [4.78, 5) is 11.4. The molecule has 1 aliphatic heterocycles. The largest absolute Gasteiger partial charge is 0.497 e. The molecule has 1 aromatic carbocycles. The van der Waals surface area contributed by atoms with Gasteiger partial charge in [0.25, 0.3) is 0 Å².